The van der Waals surface area contributed by atoms with Crippen LogP contribution >= 0.6 is 0 Å². The summed E-state index contributed by atoms with van der Waals surface area (Å²) in [6.45, 7) is 3.21. The van der Waals surface area contributed by atoms with E-state index in [1.54, 1.807) is 49.7 Å². The zero-order valence-electron chi connectivity index (χ0n) is 14.3. The fourth-order valence-electron chi connectivity index (χ4n) is 2.30. The van der Waals surface area contributed by atoms with Crippen LogP contribution in [0.5, 0.6) is 11.5 Å². The molecule has 0 aliphatic heterocycles. The van der Waals surface area contributed by atoms with Gasteiger partial charge in [-0.3, -0.25) is 4.98 Å². The molecule has 0 aliphatic rings. The number of likely N-dealkylation sites (N-methyl/N-ethyl adjacent to an activating group) is 1. The first-order chi connectivity index (χ1) is 11.7. The summed E-state index contributed by atoms with van der Waals surface area (Å²) >= 11 is 0. The number of nitrogens with zero attached hydrogens (tertiary/aromatic N) is 2. The van der Waals surface area contributed by atoms with Gasteiger partial charge in [0.05, 0.1) is 14.2 Å². The molecule has 2 amide bonds. The number of hydrogen-bond acceptors (Lipinski definition) is 4. The molecule has 0 saturated heterocycles. The fourth-order valence-corrected chi connectivity index (χ4v) is 2.30. The third-order valence-electron chi connectivity index (χ3n) is 3.69. The van der Waals surface area contributed by atoms with E-state index in [2.05, 4.69) is 10.3 Å². The van der Waals surface area contributed by atoms with Gasteiger partial charge in [-0.05, 0) is 31.0 Å². The van der Waals surface area contributed by atoms with Gasteiger partial charge in [0, 0.05) is 49.4 Å². The quantitative estimate of drug-likeness (QED) is 0.847. The molecule has 1 heterocycles. The van der Waals surface area contributed by atoms with Crippen molar-refractivity contribution in [3.63, 3.8) is 0 Å². The van der Waals surface area contributed by atoms with Crippen LogP contribution in [0.15, 0.2) is 42.7 Å². The average Bonchev–Trinajstić information content (AvgIpc) is 2.62. The van der Waals surface area contributed by atoms with Gasteiger partial charge in [-0.25, -0.2) is 4.79 Å². The van der Waals surface area contributed by atoms with E-state index >= 15 is 0 Å². The lowest BCUT2D eigenvalue weighted by molar-refractivity contribution is 0.215. The predicted octanol–water partition coefficient (Wildman–Crippen LogP) is 3.20. The number of anilines is 1. The smallest absolute Gasteiger partial charge is 0.321 e. The van der Waals surface area contributed by atoms with Crippen LogP contribution in [-0.4, -0.2) is 43.2 Å². The van der Waals surface area contributed by atoms with Crippen molar-refractivity contribution in [2.45, 2.75) is 13.3 Å². The molecule has 0 unspecified atom stereocenters. The Morgan fingerprint density at radius 2 is 1.75 bits per heavy atom. The van der Waals surface area contributed by atoms with E-state index in [1.807, 2.05) is 19.1 Å². The van der Waals surface area contributed by atoms with E-state index in [0.717, 1.165) is 12.0 Å². The Bertz CT molecular complexity index is 640. The summed E-state index contributed by atoms with van der Waals surface area (Å²) in [6, 6.07) is 9.05. The van der Waals surface area contributed by atoms with E-state index < -0.39 is 0 Å². The zero-order chi connectivity index (χ0) is 17.4. The SMILES string of the molecule is CCN(CCc1ccncc1)C(=O)Nc1cc(OC)cc(OC)c1. The van der Waals surface area contributed by atoms with Gasteiger partial charge in [-0.2, -0.15) is 0 Å². The maximum atomic E-state index is 12.5. The van der Waals surface area contributed by atoms with Gasteiger partial charge < -0.3 is 19.7 Å². The second-order valence-corrected chi connectivity index (χ2v) is 5.22. The number of carbonyl (C=O) groups excluding carboxylic acids is 1. The highest BCUT2D eigenvalue weighted by molar-refractivity contribution is 5.89. The van der Waals surface area contributed by atoms with Crippen molar-refractivity contribution < 1.29 is 14.3 Å². The summed E-state index contributed by atoms with van der Waals surface area (Å²) in [5.74, 6) is 1.26. The lowest BCUT2D eigenvalue weighted by Crippen LogP contribution is -2.36. The van der Waals surface area contributed by atoms with Crippen LogP contribution in [0, 0.1) is 0 Å². The van der Waals surface area contributed by atoms with E-state index in [0.29, 0.717) is 30.3 Å². The van der Waals surface area contributed by atoms with E-state index in [4.69, 9.17) is 9.47 Å². The first-order valence-electron chi connectivity index (χ1n) is 7.84. The number of methoxy groups -OCH3 is 2. The van der Waals surface area contributed by atoms with E-state index in [9.17, 15) is 4.79 Å². The Labute approximate surface area is 142 Å². The number of pyridine rings is 1. The van der Waals surface area contributed by atoms with Gasteiger partial charge in [0.15, 0.2) is 0 Å². The molecule has 128 valence electrons. The third kappa shape index (κ3) is 4.87. The van der Waals surface area contributed by atoms with Gasteiger partial charge in [-0.15, -0.1) is 0 Å². The van der Waals surface area contributed by atoms with Gasteiger partial charge >= 0.3 is 6.03 Å². The van der Waals surface area contributed by atoms with Crippen molar-refractivity contribution in [1.29, 1.82) is 0 Å². The van der Waals surface area contributed by atoms with Crippen molar-refractivity contribution in [3.05, 3.63) is 48.3 Å². The highest BCUT2D eigenvalue weighted by Crippen LogP contribution is 2.25. The van der Waals surface area contributed by atoms with Crippen molar-refractivity contribution in [2.75, 3.05) is 32.6 Å². The third-order valence-corrected chi connectivity index (χ3v) is 3.69. The van der Waals surface area contributed by atoms with Crippen LogP contribution in [0.2, 0.25) is 0 Å². The lowest BCUT2D eigenvalue weighted by atomic mass is 10.2. The number of nitrogens with one attached hydrogen (secondary N) is 1. The minimum atomic E-state index is -0.151. The second kappa shape index (κ2) is 8.76. The molecule has 0 spiro atoms. The molecule has 24 heavy (non-hydrogen) atoms. The molecule has 0 atom stereocenters. The predicted molar refractivity (Wildman–Crippen MR) is 93.8 cm³/mol. The van der Waals surface area contributed by atoms with Crippen molar-refractivity contribution in [1.82, 2.24) is 9.88 Å². The second-order valence-electron chi connectivity index (χ2n) is 5.22. The highest BCUT2D eigenvalue weighted by atomic mass is 16.5. The fraction of sp³-hybridized carbons (Fsp3) is 0.333. The standard InChI is InChI=1S/C18H23N3O3/c1-4-21(10-7-14-5-8-19-9-6-14)18(22)20-15-11-16(23-2)13-17(12-15)24-3/h5-6,8-9,11-13H,4,7,10H2,1-3H3,(H,20,22). The first kappa shape index (κ1) is 17.6. The molecule has 6 heteroatoms. The molecule has 2 aromatic rings. The van der Waals surface area contributed by atoms with E-state index in [1.165, 1.54) is 0 Å². The summed E-state index contributed by atoms with van der Waals surface area (Å²) in [5.41, 5.74) is 1.79. The largest absolute Gasteiger partial charge is 0.497 e. The molecule has 1 N–H and O–H groups in total. The van der Waals surface area contributed by atoms with Gasteiger partial charge in [-0.1, -0.05) is 0 Å². The van der Waals surface area contributed by atoms with Crippen LogP contribution in [0.4, 0.5) is 10.5 Å². The molecular weight excluding hydrogens is 306 g/mol. The number of urea groups is 1. The normalized spacial score (nSPS) is 10.1. The topological polar surface area (TPSA) is 63.7 Å². The average molecular weight is 329 g/mol. The summed E-state index contributed by atoms with van der Waals surface area (Å²) in [7, 11) is 3.15. The molecule has 1 aromatic heterocycles. The van der Waals surface area contributed by atoms with Crippen LogP contribution in [0.25, 0.3) is 0 Å². The molecule has 0 aliphatic carbocycles. The van der Waals surface area contributed by atoms with Crippen molar-refractivity contribution in [2.24, 2.45) is 0 Å². The summed E-state index contributed by atoms with van der Waals surface area (Å²) in [5, 5.41) is 2.89. The number of hydrogen-bond donors (Lipinski definition) is 1. The molecule has 0 saturated carbocycles. The summed E-state index contributed by atoms with van der Waals surface area (Å²) in [4.78, 5) is 18.2. The van der Waals surface area contributed by atoms with Crippen molar-refractivity contribution in [3.8, 4) is 11.5 Å². The van der Waals surface area contributed by atoms with Gasteiger partial charge in [0.25, 0.3) is 0 Å². The molecule has 0 radical (unpaired) electrons. The zero-order valence-corrected chi connectivity index (χ0v) is 14.3. The Hall–Kier alpha value is -2.76. The number of rotatable bonds is 7. The maximum Gasteiger partial charge on any atom is 0.321 e. The molecule has 6 nitrogen and oxygen atoms in total. The summed E-state index contributed by atoms with van der Waals surface area (Å²) in [6.07, 6.45) is 4.30. The van der Waals surface area contributed by atoms with Gasteiger partial charge in [0.2, 0.25) is 0 Å². The molecule has 0 bridgehead atoms. The maximum absolute atomic E-state index is 12.5. The van der Waals surface area contributed by atoms with Gasteiger partial charge in [0.1, 0.15) is 11.5 Å². The van der Waals surface area contributed by atoms with Crippen LogP contribution in [0.3, 0.4) is 0 Å². The molecule has 0 fully saturated rings. The number of ether oxygens (including phenoxy) is 2. The number of aromatic nitrogens is 1. The minimum Gasteiger partial charge on any atom is -0.497 e. The molecular formula is C18H23N3O3. The van der Waals surface area contributed by atoms with E-state index in [-0.39, 0.29) is 6.03 Å². The Balaban J connectivity index is 2.01. The minimum absolute atomic E-state index is 0.151. The Kier molecular flexibility index (Phi) is 6.42. The van der Waals surface area contributed by atoms with Crippen LogP contribution < -0.4 is 14.8 Å². The molecule has 2 rings (SSSR count). The lowest BCUT2D eigenvalue weighted by Gasteiger charge is -2.21. The molecule has 1 aromatic carbocycles. The number of carbonyl (C=O) groups is 1. The van der Waals surface area contributed by atoms with Crippen LogP contribution in [0.1, 0.15) is 12.5 Å². The van der Waals surface area contributed by atoms with Crippen molar-refractivity contribution >= 4 is 11.7 Å². The monoisotopic (exact) mass is 329 g/mol. The Morgan fingerprint density at radius 1 is 1.12 bits per heavy atom. The first-order valence-corrected chi connectivity index (χ1v) is 7.84. The highest BCUT2D eigenvalue weighted by Gasteiger charge is 2.13. The van der Waals surface area contributed by atoms with Crippen LogP contribution in [-0.2, 0) is 6.42 Å². The Morgan fingerprint density at radius 3 is 2.29 bits per heavy atom. The summed E-state index contributed by atoms with van der Waals surface area (Å²) < 4.78 is 10.4. The number of amides is 2. The number of benzene rings is 1.